The predicted molar refractivity (Wildman–Crippen MR) is 134 cm³/mol. The van der Waals surface area contributed by atoms with Crippen molar-refractivity contribution in [2.45, 2.75) is 46.6 Å². The minimum atomic E-state index is -0.0331. The molecule has 0 bridgehead atoms. The summed E-state index contributed by atoms with van der Waals surface area (Å²) in [5, 5.41) is 5.87. The number of aromatic nitrogens is 3. The van der Waals surface area contributed by atoms with E-state index in [0.717, 1.165) is 66.4 Å². The van der Waals surface area contributed by atoms with Gasteiger partial charge in [-0.2, -0.15) is 0 Å². The Kier molecular flexibility index (Phi) is 7.35. The third-order valence-electron chi connectivity index (χ3n) is 5.70. The van der Waals surface area contributed by atoms with Gasteiger partial charge in [0.25, 0.3) is 0 Å². The van der Waals surface area contributed by atoms with Crippen molar-refractivity contribution >= 4 is 28.7 Å². The summed E-state index contributed by atoms with van der Waals surface area (Å²) in [6.45, 7) is 12.9. The van der Waals surface area contributed by atoms with E-state index in [-0.39, 0.29) is 5.91 Å². The maximum Gasteiger partial charge on any atom is 0.231 e. The van der Waals surface area contributed by atoms with Crippen LogP contribution in [-0.2, 0) is 17.8 Å². The Bertz CT molecular complexity index is 1090. The summed E-state index contributed by atoms with van der Waals surface area (Å²) in [5.74, 6) is 2.23. The Hall–Kier alpha value is -2.84. The average molecular weight is 465 g/mol. The molecule has 1 N–H and O–H groups in total. The summed E-state index contributed by atoms with van der Waals surface area (Å²) in [7, 11) is 0. The van der Waals surface area contributed by atoms with Gasteiger partial charge in [-0.15, -0.1) is 11.3 Å². The lowest BCUT2D eigenvalue weighted by atomic mass is 10.2. The number of thiazole rings is 1. The fraction of sp³-hybridized carbons (Fsp3) is 0.440. The molecule has 4 rings (SSSR count). The van der Waals surface area contributed by atoms with Crippen molar-refractivity contribution in [1.29, 1.82) is 0 Å². The number of carbonyl (C=O) groups excluding carboxylic acids is 1. The molecule has 1 aromatic carbocycles. The molecule has 2 aromatic heterocycles. The summed E-state index contributed by atoms with van der Waals surface area (Å²) in [6, 6.07) is 9.91. The van der Waals surface area contributed by atoms with Gasteiger partial charge in [-0.3, -0.25) is 9.69 Å². The van der Waals surface area contributed by atoms with Crippen molar-refractivity contribution < 1.29 is 4.79 Å². The molecule has 0 unspecified atom stereocenters. The number of amides is 1. The second-order valence-corrected chi connectivity index (χ2v) is 9.91. The van der Waals surface area contributed by atoms with Gasteiger partial charge in [-0.25, -0.2) is 15.0 Å². The number of hydrogen-bond acceptors (Lipinski definition) is 7. The van der Waals surface area contributed by atoms with Gasteiger partial charge in [0.1, 0.15) is 16.6 Å². The van der Waals surface area contributed by atoms with Crippen molar-refractivity contribution in [1.82, 2.24) is 19.9 Å². The van der Waals surface area contributed by atoms with Crippen LogP contribution in [0.2, 0.25) is 0 Å². The standard InChI is InChI=1S/C25H32N6OS/c1-17(2)25-26-19(4)13-22(29-25)31-11-9-30(10-12-31)15-21-16-33-24(28-21)14-23(32)27-20-7-5-18(3)6-8-20/h5-8,13,16-17H,9-12,14-15H2,1-4H3,(H,27,32). The highest BCUT2D eigenvalue weighted by Gasteiger charge is 2.20. The van der Waals surface area contributed by atoms with Gasteiger partial charge in [0.15, 0.2) is 0 Å². The molecular weight excluding hydrogens is 432 g/mol. The van der Waals surface area contributed by atoms with Crippen LogP contribution in [0.5, 0.6) is 0 Å². The molecule has 1 aliphatic rings. The van der Waals surface area contributed by atoms with E-state index in [0.29, 0.717) is 12.3 Å². The van der Waals surface area contributed by atoms with Gasteiger partial charge in [0, 0.05) is 61.5 Å². The fourth-order valence-corrected chi connectivity index (χ4v) is 4.62. The lowest BCUT2D eigenvalue weighted by Gasteiger charge is -2.35. The van der Waals surface area contributed by atoms with Crippen LogP contribution in [0.4, 0.5) is 11.5 Å². The number of carbonyl (C=O) groups is 1. The summed E-state index contributed by atoms with van der Waals surface area (Å²) >= 11 is 1.56. The molecule has 1 fully saturated rings. The van der Waals surface area contributed by atoms with Gasteiger partial charge >= 0.3 is 0 Å². The molecule has 0 saturated carbocycles. The summed E-state index contributed by atoms with van der Waals surface area (Å²) in [6.07, 6.45) is 0.303. The van der Waals surface area contributed by atoms with E-state index >= 15 is 0 Å². The highest BCUT2D eigenvalue weighted by Crippen LogP contribution is 2.20. The van der Waals surface area contributed by atoms with Crippen molar-refractivity contribution in [3.8, 4) is 0 Å². The molecule has 33 heavy (non-hydrogen) atoms. The molecule has 0 aliphatic carbocycles. The smallest absolute Gasteiger partial charge is 0.231 e. The zero-order valence-electron chi connectivity index (χ0n) is 19.8. The molecule has 1 saturated heterocycles. The largest absolute Gasteiger partial charge is 0.354 e. The van der Waals surface area contributed by atoms with Crippen LogP contribution >= 0.6 is 11.3 Å². The first-order valence-electron chi connectivity index (χ1n) is 11.5. The van der Waals surface area contributed by atoms with Gasteiger partial charge in [0.2, 0.25) is 5.91 Å². The molecule has 1 aliphatic heterocycles. The lowest BCUT2D eigenvalue weighted by molar-refractivity contribution is -0.115. The Morgan fingerprint density at radius 2 is 1.79 bits per heavy atom. The second-order valence-electron chi connectivity index (χ2n) is 8.97. The number of anilines is 2. The third kappa shape index (κ3) is 6.36. The van der Waals surface area contributed by atoms with Gasteiger partial charge < -0.3 is 10.2 Å². The number of aryl methyl sites for hydroxylation is 2. The van der Waals surface area contributed by atoms with Crippen LogP contribution in [0, 0.1) is 13.8 Å². The summed E-state index contributed by atoms with van der Waals surface area (Å²) < 4.78 is 0. The summed E-state index contributed by atoms with van der Waals surface area (Å²) in [4.78, 5) is 31.2. The highest BCUT2D eigenvalue weighted by molar-refractivity contribution is 7.09. The molecule has 3 heterocycles. The minimum absolute atomic E-state index is 0.0331. The van der Waals surface area contributed by atoms with Crippen LogP contribution < -0.4 is 10.2 Å². The molecule has 0 spiro atoms. The quantitative estimate of drug-likeness (QED) is 0.566. The first-order valence-corrected chi connectivity index (χ1v) is 12.4. The van der Waals surface area contributed by atoms with Crippen molar-refractivity contribution in [3.05, 3.63) is 63.5 Å². The van der Waals surface area contributed by atoms with Crippen LogP contribution in [0.25, 0.3) is 0 Å². The van der Waals surface area contributed by atoms with Crippen molar-refractivity contribution in [3.63, 3.8) is 0 Å². The van der Waals surface area contributed by atoms with E-state index in [4.69, 9.17) is 9.97 Å². The normalized spacial score (nSPS) is 14.6. The Morgan fingerprint density at radius 3 is 2.48 bits per heavy atom. The fourth-order valence-electron chi connectivity index (χ4n) is 3.84. The average Bonchev–Trinajstić information content (AvgIpc) is 3.22. The molecule has 7 nitrogen and oxygen atoms in total. The first kappa shape index (κ1) is 23.3. The molecule has 3 aromatic rings. The molecule has 174 valence electrons. The Balaban J connectivity index is 1.27. The maximum absolute atomic E-state index is 12.4. The monoisotopic (exact) mass is 464 g/mol. The topological polar surface area (TPSA) is 74.2 Å². The van der Waals surface area contributed by atoms with E-state index in [9.17, 15) is 4.79 Å². The molecule has 1 amide bonds. The zero-order valence-corrected chi connectivity index (χ0v) is 20.7. The number of rotatable bonds is 7. The molecule has 0 atom stereocenters. The van der Waals surface area contributed by atoms with E-state index in [1.54, 1.807) is 11.3 Å². The maximum atomic E-state index is 12.4. The molecule has 8 heteroatoms. The van der Waals surface area contributed by atoms with Gasteiger partial charge in [-0.1, -0.05) is 31.5 Å². The molecule has 0 radical (unpaired) electrons. The third-order valence-corrected chi connectivity index (χ3v) is 6.60. The number of hydrogen-bond donors (Lipinski definition) is 1. The lowest BCUT2D eigenvalue weighted by Crippen LogP contribution is -2.46. The highest BCUT2D eigenvalue weighted by atomic mass is 32.1. The van der Waals surface area contributed by atoms with E-state index in [1.165, 1.54) is 5.56 Å². The van der Waals surface area contributed by atoms with Crippen LogP contribution in [0.15, 0.2) is 35.7 Å². The van der Waals surface area contributed by atoms with Crippen LogP contribution in [0.3, 0.4) is 0 Å². The number of nitrogens with zero attached hydrogens (tertiary/aromatic N) is 5. The van der Waals surface area contributed by atoms with Gasteiger partial charge in [0.05, 0.1) is 12.1 Å². The minimum Gasteiger partial charge on any atom is -0.354 e. The SMILES string of the molecule is Cc1ccc(NC(=O)Cc2nc(CN3CCN(c4cc(C)nc(C(C)C)n4)CC3)cs2)cc1. The Morgan fingerprint density at radius 1 is 1.06 bits per heavy atom. The Labute approximate surface area is 199 Å². The number of benzene rings is 1. The zero-order chi connectivity index (χ0) is 23.4. The van der Waals surface area contributed by atoms with E-state index in [2.05, 4.69) is 45.4 Å². The van der Waals surface area contributed by atoms with Crippen molar-refractivity contribution in [2.75, 3.05) is 36.4 Å². The van der Waals surface area contributed by atoms with Crippen molar-refractivity contribution in [2.24, 2.45) is 0 Å². The predicted octanol–water partition coefficient (Wildman–Crippen LogP) is 4.18. The van der Waals surface area contributed by atoms with Crippen LogP contribution in [-0.4, -0.2) is 51.9 Å². The van der Waals surface area contributed by atoms with E-state index < -0.39 is 0 Å². The van der Waals surface area contributed by atoms with Crippen LogP contribution in [0.1, 0.15) is 47.5 Å². The summed E-state index contributed by atoms with van der Waals surface area (Å²) in [5.41, 5.74) is 4.05. The second kappa shape index (κ2) is 10.4. The molecular formula is C25H32N6OS. The van der Waals surface area contributed by atoms with Gasteiger partial charge in [-0.05, 0) is 26.0 Å². The van der Waals surface area contributed by atoms with E-state index in [1.807, 2.05) is 38.1 Å². The number of piperazine rings is 1. The first-order chi connectivity index (χ1) is 15.9. The number of nitrogens with one attached hydrogen (secondary N) is 1.